The Balaban J connectivity index is 1.93. The molecular weight excluding hydrogens is 324 g/mol. The topological polar surface area (TPSA) is 66.0 Å². The number of anilines is 1. The van der Waals surface area contributed by atoms with Gasteiger partial charge in [0, 0.05) is 16.0 Å². The SMILES string of the molecule is CC(=O)c1ccc(C#N)c(NC(C)c2cc3cc(Cl)ccc3o2)c1. The van der Waals surface area contributed by atoms with Gasteiger partial charge >= 0.3 is 0 Å². The van der Waals surface area contributed by atoms with E-state index in [2.05, 4.69) is 11.4 Å². The van der Waals surface area contributed by atoms with Gasteiger partial charge in [-0.15, -0.1) is 0 Å². The maximum Gasteiger partial charge on any atom is 0.159 e. The van der Waals surface area contributed by atoms with Gasteiger partial charge in [-0.1, -0.05) is 11.6 Å². The van der Waals surface area contributed by atoms with Crippen LogP contribution in [0.2, 0.25) is 5.02 Å². The molecule has 0 fully saturated rings. The summed E-state index contributed by atoms with van der Waals surface area (Å²) in [6.45, 7) is 3.43. The van der Waals surface area contributed by atoms with Crippen molar-refractivity contribution in [3.05, 3.63) is 64.4 Å². The first-order chi connectivity index (χ1) is 11.5. The van der Waals surface area contributed by atoms with Crippen LogP contribution in [-0.2, 0) is 0 Å². The number of benzene rings is 2. The molecule has 0 radical (unpaired) electrons. The summed E-state index contributed by atoms with van der Waals surface area (Å²) in [6.07, 6.45) is 0. The van der Waals surface area contributed by atoms with Crippen LogP contribution in [0.4, 0.5) is 5.69 Å². The van der Waals surface area contributed by atoms with E-state index in [0.29, 0.717) is 21.8 Å². The largest absolute Gasteiger partial charge is 0.459 e. The normalized spacial score (nSPS) is 11.9. The van der Waals surface area contributed by atoms with Crippen molar-refractivity contribution in [2.45, 2.75) is 19.9 Å². The van der Waals surface area contributed by atoms with Gasteiger partial charge in [-0.3, -0.25) is 4.79 Å². The van der Waals surface area contributed by atoms with Crippen molar-refractivity contribution in [3.8, 4) is 6.07 Å². The van der Waals surface area contributed by atoms with E-state index < -0.39 is 0 Å². The first-order valence-corrected chi connectivity index (χ1v) is 7.86. The van der Waals surface area contributed by atoms with Crippen LogP contribution in [-0.4, -0.2) is 5.78 Å². The van der Waals surface area contributed by atoms with E-state index >= 15 is 0 Å². The zero-order valence-electron chi connectivity index (χ0n) is 13.3. The van der Waals surface area contributed by atoms with Gasteiger partial charge < -0.3 is 9.73 Å². The Bertz CT molecular complexity index is 969. The number of ketones is 1. The molecule has 0 aliphatic carbocycles. The predicted molar refractivity (Wildman–Crippen MR) is 94.4 cm³/mol. The molecule has 0 saturated heterocycles. The molecule has 1 heterocycles. The number of carbonyl (C=O) groups is 1. The van der Waals surface area contributed by atoms with Gasteiger partial charge in [-0.25, -0.2) is 0 Å². The van der Waals surface area contributed by atoms with Crippen LogP contribution in [0.3, 0.4) is 0 Å². The third kappa shape index (κ3) is 3.12. The van der Waals surface area contributed by atoms with Crippen LogP contribution in [0.1, 0.15) is 41.6 Å². The van der Waals surface area contributed by atoms with Crippen molar-refractivity contribution in [2.24, 2.45) is 0 Å². The van der Waals surface area contributed by atoms with Crippen molar-refractivity contribution in [1.82, 2.24) is 0 Å². The number of fused-ring (bicyclic) bond motifs is 1. The van der Waals surface area contributed by atoms with Crippen molar-refractivity contribution in [2.75, 3.05) is 5.32 Å². The first-order valence-electron chi connectivity index (χ1n) is 7.48. The second-order valence-corrected chi connectivity index (χ2v) is 6.06. The summed E-state index contributed by atoms with van der Waals surface area (Å²) in [6, 6.07) is 14.3. The van der Waals surface area contributed by atoms with Gasteiger partial charge in [0.25, 0.3) is 0 Å². The summed E-state index contributed by atoms with van der Waals surface area (Å²) in [4.78, 5) is 11.6. The fourth-order valence-electron chi connectivity index (χ4n) is 2.53. The third-order valence-electron chi connectivity index (χ3n) is 3.84. The van der Waals surface area contributed by atoms with Crippen LogP contribution in [0.5, 0.6) is 0 Å². The Morgan fingerprint density at radius 1 is 1.25 bits per heavy atom. The number of rotatable bonds is 4. The van der Waals surface area contributed by atoms with Gasteiger partial charge in [0.2, 0.25) is 0 Å². The third-order valence-corrected chi connectivity index (χ3v) is 4.08. The number of nitrogens with zero attached hydrogens (tertiary/aromatic N) is 1. The lowest BCUT2D eigenvalue weighted by Gasteiger charge is -2.14. The van der Waals surface area contributed by atoms with E-state index in [4.69, 9.17) is 16.0 Å². The molecule has 4 nitrogen and oxygen atoms in total. The highest BCUT2D eigenvalue weighted by molar-refractivity contribution is 6.31. The average Bonchev–Trinajstić information content (AvgIpc) is 2.97. The molecule has 0 spiro atoms. The fraction of sp³-hybridized carbons (Fsp3) is 0.158. The summed E-state index contributed by atoms with van der Waals surface area (Å²) in [7, 11) is 0. The van der Waals surface area contributed by atoms with Crippen molar-refractivity contribution in [1.29, 1.82) is 5.26 Å². The highest BCUT2D eigenvalue weighted by Gasteiger charge is 2.14. The first kappa shape index (κ1) is 16.1. The number of furan rings is 1. The predicted octanol–water partition coefficient (Wildman–Crippen LogP) is 5.33. The van der Waals surface area contributed by atoms with Crippen LogP contribution in [0, 0.1) is 11.3 Å². The number of hydrogen-bond acceptors (Lipinski definition) is 4. The molecule has 24 heavy (non-hydrogen) atoms. The Hall–Kier alpha value is -2.77. The fourth-order valence-corrected chi connectivity index (χ4v) is 2.71. The molecule has 0 saturated carbocycles. The minimum absolute atomic E-state index is 0.0476. The Labute approximate surface area is 144 Å². The average molecular weight is 339 g/mol. The second kappa shape index (κ2) is 6.38. The van der Waals surface area contributed by atoms with E-state index in [1.165, 1.54) is 6.92 Å². The van der Waals surface area contributed by atoms with Gasteiger partial charge in [0.1, 0.15) is 17.4 Å². The molecule has 0 bridgehead atoms. The second-order valence-electron chi connectivity index (χ2n) is 5.63. The zero-order chi connectivity index (χ0) is 17.3. The van der Waals surface area contributed by atoms with Gasteiger partial charge in [-0.05, 0) is 56.3 Å². The van der Waals surface area contributed by atoms with Crippen LogP contribution in [0.25, 0.3) is 11.0 Å². The Kier molecular flexibility index (Phi) is 4.28. The van der Waals surface area contributed by atoms with E-state index in [9.17, 15) is 10.1 Å². The molecule has 1 aromatic heterocycles. The molecule has 5 heteroatoms. The Morgan fingerprint density at radius 2 is 2.04 bits per heavy atom. The molecule has 0 aliphatic rings. The lowest BCUT2D eigenvalue weighted by atomic mass is 10.1. The lowest BCUT2D eigenvalue weighted by Crippen LogP contribution is -2.08. The van der Waals surface area contributed by atoms with E-state index in [0.717, 1.165) is 16.7 Å². The highest BCUT2D eigenvalue weighted by Crippen LogP contribution is 2.29. The van der Waals surface area contributed by atoms with E-state index in [1.54, 1.807) is 24.3 Å². The minimum Gasteiger partial charge on any atom is -0.459 e. The van der Waals surface area contributed by atoms with E-state index in [1.807, 2.05) is 25.1 Å². The number of halogens is 1. The summed E-state index contributed by atoms with van der Waals surface area (Å²) >= 11 is 6.00. The molecule has 3 rings (SSSR count). The molecule has 0 aliphatic heterocycles. The molecular formula is C19H15ClN2O2. The molecule has 1 unspecified atom stereocenters. The zero-order valence-corrected chi connectivity index (χ0v) is 14.0. The van der Waals surface area contributed by atoms with Crippen LogP contribution in [0.15, 0.2) is 46.9 Å². The maximum absolute atomic E-state index is 11.6. The number of nitriles is 1. The molecule has 120 valence electrons. The van der Waals surface area contributed by atoms with Gasteiger partial charge in [0.15, 0.2) is 5.78 Å². The lowest BCUT2D eigenvalue weighted by molar-refractivity contribution is 0.101. The number of Topliss-reactive ketones (excluding diaryl/α,β-unsaturated/α-hetero) is 1. The summed E-state index contributed by atoms with van der Waals surface area (Å²) in [5.41, 5.74) is 2.39. The van der Waals surface area contributed by atoms with Crippen LogP contribution < -0.4 is 5.32 Å². The van der Waals surface area contributed by atoms with Crippen molar-refractivity contribution >= 4 is 34.0 Å². The van der Waals surface area contributed by atoms with Crippen molar-refractivity contribution < 1.29 is 9.21 Å². The summed E-state index contributed by atoms with van der Waals surface area (Å²) < 4.78 is 5.84. The molecule has 3 aromatic rings. The van der Waals surface area contributed by atoms with Crippen LogP contribution >= 0.6 is 11.6 Å². The smallest absolute Gasteiger partial charge is 0.159 e. The standard InChI is InChI=1S/C19H15ClN2O2/c1-11(19-9-15-7-16(20)5-6-18(15)24-19)22-17-8-13(12(2)23)3-4-14(17)10-21/h3-9,11,22H,1-2H3. The Morgan fingerprint density at radius 3 is 2.75 bits per heavy atom. The molecule has 2 aromatic carbocycles. The molecule has 0 amide bonds. The number of nitrogens with one attached hydrogen (secondary N) is 1. The monoisotopic (exact) mass is 338 g/mol. The highest BCUT2D eigenvalue weighted by atomic mass is 35.5. The number of carbonyl (C=O) groups excluding carboxylic acids is 1. The minimum atomic E-state index is -0.175. The van der Waals surface area contributed by atoms with E-state index in [-0.39, 0.29) is 11.8 Å². The van der Waals surface area contributed by atoms with Gasteiger partial charge in [-0.2, -0.15) is 5.26 Å². The maximum atomic E-state index is 11.6. The molecule has 1 atom stereocenters. The molecule has 1 N–H and O–H groups in total. The quantitative estimate of drug-likeness (QED) is 0.652. The summed E-state index contributed by atoms with van der Waals surface area (Å²) in [5.74, 6) is 0.679. The van der Waals surface area contributed by atoms with Crippen molar-refractivity contribution in [3.63, 3.8) is 0 Å². The van der Waals surface area contributed by atoms with Gasteiger partial charge in [0.05, 0.1) is 17.3 Å². The summed E-state index contributed by atoms with van der Waals surface area (Å²) in [5, 5.41) is 14.1. The number of hydrogen-bond donors (Lipinski definition) is 1.